The van der Waals surface area contributed by atoms with E-state index in [0.717, 1.165) is 0 Å². The summed E-state index contributed by atoms with van der Waals surface area (Å²) in [6.45, 7) is 4.07. The Labute approximate surface area is 120 Å². The van der Waals surface area contributed by atoms with E-state index in [2.05, 4.69) is 4.98 Å². The Hall–Kier alpha value is -1.76. The minimum absolute atomic E-state index is 0.00225. The van der Waals surface area contributed by atoms with E-state index in [1.165, 1.54) is 21.6 Å². The number of hydrogen-bond acceptors (Lipinski definition) is 5. The Morgan fingerprint density at radius 1 is 1.40 bits per heavy atom. The average molecular weight is 296 g/mol. The van der Waals surface area contributed by atoms with Gasteiger partial charge in [-0.2, -0.15) is 0 Å². The number of aromatic carboxylic acids is 1. The van der Waals surface area contributed by atoms with Gasteiger partial charge in [-0.3, -0.25) is 14.5 Å². The molecule has 1 aromatic heterocycles. The predicted octanol–water partition coefficient (Wildman–Crippen LogP) is 1.56. The van der Waals surface area contributed by atoms with Crippen molar-refractivity contribution in [2.75, 3.05) is 6.54 Å². The van der Waals surface area contributed by atoms with Crippen LogP contribution in [0.4, 0.5) is 0 Å². The lowest BCUT2D eigenvalue weighted by Crippen LogP contribution is -2.46. The highest BCUT2D eigenvalue weighted by Crippen LogP contribution is 2.31. The second kappa shape index (κ2) is 5.32. The molecule has 1 saturated heterocycles. The van der Waals surface area contributed by atoms with E-state index in [1.807, 2.05) is 13.8 Å². The first-order valence-corrected chi connectivity index (χ1v) is 7.17. The van der Waals surface area contributed by atoms with Crippen LogP contribution in [0.1, 0.15) is 42.2 Å². The molecule has 0 saturated carbocycles. The molecule has 6 nitrogen and oxygen atoms in total. The zero-order valence-corrected chi connectivity index (χ0v) is 12.2. The largest absolute Gasteiger partial charge is 0.476 e. The van der Waals surface area contributed by atoms with Crippen LogP contribution in [0.3, 0.4) is 0 Å². The van der Waals surface area contributed by atoms with Crippen LogP contribution >= 0.6 is 11.3 Å². The van der Waals surface area contributed by atoms with Crippen LogP contribution in [0.5, 0.6) is 0 Å². The van der Waals surface area contributed by atoms with Crippen molar-refractivity contribution < 1.29 is 19.5 Å². The highest BCUT2D eigenvalue weighted by Gasteiger charge is 2.37. The van der Waals surface area contributed by atoms with Crippen LogP contribution in [0.2, 0.25) is 0 Å². The first-order chi connectivity index (χ1) is 9.28. The molecule has 0 unspecified atom stereocenters. The smallest absolute Gasteiger partial charge is 0.355 e. The number of aromatic nitrogens is 1. The monoisotopic (exact) mass is 296 g/mol. The molecular weight excluding hydrogens is 280 g/mol. The average Bonchev–Trinajstić information content (AvgIpc) is 2.75. The number of amides is 2. The van der Waals surface area contributed by atoms with Crippen LogP contribution in [-0.4, -0.2) is 39.3 Å². The molecule has 1 aromatic rings. The Balaban J connectivity index is 1.98. The third-order valence-electron chi connectivity index (χ3n) is 3.18. The maximum atomic E-state index is 11.9. The second-order valence-corrected chi connectivity index (χ2v) is 6.58. The molecule has 2 heterocycles. The standard InChI is InChI=1S/C13H16N2O4S/c1-13(2)5-10(16)15(11(17)6-13)4-3-9-14-8(7-20-9)12(18)19/h7H,3-6H2,1-2H3,(H,18,19). The molecule has 0 bridgehead atoms. The number of hydrogen-bond donors (Lipinski definition) is 1. The number of carbonyl (C=O) groups excluding carboxylic acids is 2. The van der Waals surface area contributed by atoms with Crippen molar-refractivity contribution in [3.63, 3.8) is 0 Å². The summed E-state index contributed by atoms with van der Waals surface area (Å²) < 4.78 is 0. The molecule has 2 rings (SSSR count). The van der Waals surface area contributed by atoms with Gasteiger partial charge in [-0.05, 0) is 5.41 Å². The fourth-order valence-electron chi connectivity index (χ4n) is 2.19. The summed E-state index contributed by atoms with van der Waals surface area (Å²) in [5.74, 6) is -1.40. The Morgan fingerprint density at radius 3 is 2.50 bits per heavy atom. The molecule has 2 amide bonds. The molecular formula is C13H16N2O4S. The van der Waals surface area contributed by atoms with E-state index in [4.69, 9.17) is 5.11 Å². The Morgan fingerprint density at radius 2 is 2.00 bits per heavy atom. The summed E-state index contributed by atoms with van der Waals surface area (Å²) >= 11 is 1.23. The highest BCUT2D eigenvalue weighted by molar-refractivity contribution is 7.09. The Bertz CT molecular complexity index is 544. The van der Waals surface area contributed by atoms with Crippen molar-refractivity contribution in [1.82, 2.24) is 9.88 Å². The zero-order chi connectivity index (χ0) is 14.9. The summed E-state index contributed by atoms with van der Waals surface area (Å²) in [7, 11) is 0. The maximum Gasteiger partial charge on any atom is 0.355 e. The van der Waals surface area contributed by atoms with Gasteiger partial charge in [0.1, 0.15) is 0 Å². The number of thiazole rings is 1. The van der Waals surface area contributed by atoms with E-state index in [1.54, 1.807) is 0 Å². The van der Waals surface area contributed by atoms with Crippen molar-refractivity contribution in [3.05, 3.63) is 16.1 Å². The lowest BCUT2D eigenvalue weighted by atomic mass is 9.82. The van der Waals surface area contributed by atoms with Crippen molar-refractivity contribution in [2.45, 2.75) is 33.1 Å². The van der Waals surface area contributed by atoms with Gasteiger partial charge in [-0.1, -0.05) is 13.8 Å². The van der Waals surface area contributed by atoms with E-state index in [9.17, 15) is 14.4 Å². The molecule has 0 radical (unpaired) electrons. The lowest BCUT2D eigenvalue weighted by Gasteiger charge is -2.34. The summed E-state index contributed by atoms with van der Waals surface area (Å²) in [5, 5.41) is 10.9. The van der Waals surface area contributed by atoms with Crippen molar-refractivity contribution in [2.24, 2.45) is 5.41 Å². The molecule has 20 heavy (non-hydrogen) atoms. The molecule has 7 heteroatoms. The molecule has 1 N–H and O–H groups in total. The van der Waals surface area contributed by atoms with Crippen LogP contribution in [0, 0.1) is 5.41 Å². The van der Waals surface area contributed by atoms with Crippen LogP contribution in [0.15, 0.2) is 5.38 Å². The van der Waals surface area contributed by atoms with E-state index in [0.29, 0.717) is 24.3 Å². The molecule has 0 aromatic carbocycles. The minimum Gasteiger partial charge on any atom is -0.476 e. The van der Waals surface area contributed by atoms with Gasteiger partial charge in [0.2, 0.25) is 11.8 Å². The molecule has 0 atom stereocenters. The number of carboxylic acids is 1. The van der Waals surface area contributed by atoms with Gasteiger partial charge >= 0.3 is 5.97 Å². The fourth-order valence-corrected chi connectivity index (χ4v) is 2.95. The van der Waals surface area contributed by atoms with Crippen LogP contribution in [0.25, 0.3) is 0 Å². The summed E-state index contributed by atoms with van der Waals surface area (Å²) in [6, 6.07) is 0. The first kappa shape index (κ1) is 14.6. The second-order valence-electron chi connectivity index (χ2n) is 5.64. The number of likely N-dealkylation sites (tertiary alicyclic amines) is 1. The summed E-state index contributed by atoms with van der Waals surface area (Å²) in [4.78, 5) is 39.8. The Kier molecular flexibility index (Phi) is 3.89. The van der Waals surface area contributed by atoms with Gasteiger partial charge in [-0.15, -0.1) is 11.3 Å². The normalized spacial score (nSPS) is 18.4. The fraction of sp³-hybridized carbons (Fsp3) is 0.538. The first-order valence-electron chi connectivity index (χ1n) is 6.29. The van der Waals surface area contributed by atoms with Crippen molar-refractivity contribution >= 4 is 29.1 Å². The lowest BCUT2D eigenvalue weighted by molar-refractivity contribution is -0.152. The third kappa shape index (κ3) is 3.22. The molecule has 1 aliphatic heterocycles. The minimum atomic E-state index is -1.07. The van der Waals surface area contributed by atoms with E-state index in [-0.39, 0.29) is 29.5 Å². The number of carboxylic acid groups (broad SMARTS) is 1. The van der Waals surface area contributed by atoms with Gasteiger partial charge in [0, 0.05) is 31.2 Å². The summed E-state index contributed by atoms with van der Waals surface area (Å²) in [5.41, 5.74) is -0.273. The highest BCUT2D eigenvalue weighted by atomic mass is 32.1. The molecule has 0 spiro atoms. The quantitative estimate of drug-likeness (QED) is 0.852. The predicted molar refractivity (Wildman–Crippen MR) is 72.5 cm³/mol. The van der Waals surface area contributed by atoms with Crippen molar-refractivity contribution in [3.8, 4) is 0 Å². The number of rotatable bonds is 4. The summed E-state index contributed by atoms with van der Waals surface area (Å²) in [6.07, 6.45) is 1.11. The topological polar surface area (TPSA) is 87.6 Å². The van der Waals surface area contributed by atoms with E-state index >= 15 is 0 Å². The third-order valence-corrected chi connectivity index (χ3v) is 4.09. The molecule has 1 aliphatic rings. The van der Waals surface area contributed by atoms with Crippen LogP contribution < -0.4 is 0 Å². The SMILES string of the molecule is CC1(C)CC(=O)N(CCc2nc(C(=O)O)cs2)C(=O)C1. The van der Waals surface area contributed by atoms with Crippen molar-refractivity contribution in [1.29, 1.82) is 0 Å². The molecule has 1 fully saturated rings. The van der Waals surface area contributed by atoms with Gasteiger partial charge in [0.05, 0.1) is 5.01 Å². The number of carbonyl (C=O) groups is 3. The van der Waals surface area contributed by atoms with Crippen LogP contribution in [-0.2, 0) is 16.0 Å². The number of imide groups is 1. The molecule has 0 aliphatic carbocycles. The van der Waals surface area contributed by atoms with Gasteiger partial charge in [-0.25, -0.2) is 9.78 Å². The maximum absolute atomic E-state index is 11.9. The van der Waals surface area contributed by atoms with Gasteiger partial charge in [0.25, 0.3) is 0 Å². The van der Waals surface area contributed by atoms with E-state index < -0.39 is 5.97 Å². The number of piperidine rings is 1. The van der Waals surface area contributed by atoms with Gasteiger partial charge < -0.3 is 5.11 Å². The number of nitrogens with zero attached hydrogens (tertiary/aromatic N) is 2. The zero-order valence-electron chi connectivity index (χ0n) is 11.4. The van der Waals surface area contributed by atoms with Gasteiger partial charge in [0.15, 0.2) is 5.69 Å². The molecule has 108 valence electrons.